The van der Waals surface area contributed by atoms with Gasteiger partial charge in [-0.05, 0) is 38.2 Å². The van der Waals surface area contributed by atoms with Gasteiger partial charge >= 0.3 is 11.9 Å². The van der Waals surface area contributed by atoms with E-state index in [0.29, 0.717) is 12.2 Å². The zero-order valence-corrected chi connectivity index (χ0v) is 19.4. The number of guanidine groups is 1. The molecule has 0 radical (unpaired) electrons. The fraction of sp³-hybridized carbons (Fsp3) is 0.667. The van der Waals surface area contributed by atoms with Gasteiger partial charge in [-0.1, -0.05) is 0 Å². The third kappa shape index (κ3) is 13.2. The van der Waals surface area contributed by atoms with Gasteiger partial charge in [-0.15, -0.1) is 0 Å². The lowest BCUT2D eigenvalue weighted by molar-refractivity contribution is -0.142. The van der Waals surface area contributed by atoms with Gasteiger partial charge in [0.1, 0.15) is 18.1 Å². The van der Waals surface area contributed by atoms with Crippen LogP contribution in [0.4, 0.5) is 0 Å². The number of rotatable bonds is 16. The molecule has 0 bridgehead atoms. The molecule has 0 aliphatic carbocycles. The molecular formula is C18H33N7O7S. The smallest absolute Gasteiger partial charge is 0.326 e. The summed E-state index contributed by atoms with van der Waals surface area (Å²) >= 11 is 1.42. The van der Waals surface area contributed by atoms with E-state index in [-0.39, 0.29) is 25.3 Å². The number of carboxylic acids is 2. The highest BCUT2D eigenvalue weighted by Crippen LogP contribution is 2.05. The van der Waals surface area contributed by atoms with E-state index in [1.54, 1.807) is 6.26 Å². The van der Waals surface area contributed by atoms with Crippen LogP contribution in [0.25, 0.3) is 0 Å². The lowest BCUT2D eigenvalue weighted by atomic mass is 10.1. The number of carbonyl (C=O) groups is 5. The molecule has 4 atom stereocenters. The van der Waals surface area contributed by atoms with Crippen molar-refractivity contribution in [3.63, 3.8) is 0 Å². The van der Waals surface area contributed by atoms with Crippen LogP contribution in [-0.4, -0.2) is 88.6 Å². The van der Waals surface area contributed by atoms with Gasteiger partial charge in [0.05, 0.1) is 12.5 Å². The number of aliphatic carboxylic acids is 2. The lowest BCUT2D eigenvalue weighted by Gasteiger charge is -2.23. The van der Waals surface area contributed by atoms with Crippen molar-refractivity contribution in [1.82, 2.24) is 16.0 Å². The van der Waals surface area contributed by atoms with Crippen molar-refractivity contribution in [2.24, 2.45) is 22.2 Å². The van der Waals surface area contributed by atoms with Crippen LogP contribution < -0.4 is 33.2 Å². The number of hydrogen-bond acceptors (Lipinski definition) is 8. The van der Waals surface area contributed by atoms with Crippen LogP contribution in [0.5, 0.6) is 0 Å². The maximum Gasteiger partial charge on any atom is 0.326 e. The summed E-state index contributed by atoms with van der Waals surface area (Å²) in [5.74, 6) is -4.45. The molecule has 0 aromatic heterocycles. The van der Waals surface area contributed by atoms with E-state index in [9.17, 15) is 29.1 Å². The van der Waals surface area contributed by atoms with Crippen molar-refractivity contribution >= 4 is 47.4 Å². The van der Waals surface area contributed by atoms with Crippen molar-refractivity contribution < 1.29 is 34.2 Å². The number of amides is 3. The van der Waals surface area contributed by atoms with E-state index in [1.165, 1.54) is 18.7 Å². The summed E-state index contributed by atoms with van der Waals surface area (Å²) in [5, 5.41) is 25.2. The first-order chi connectivity index (χ1) is 15.4. The van der Waals surface area contributed by atoms with Crippen molar-refractivity contribution in [3.05, 3.63) is 0 Å². The van der Waals surface area contributed by atoms with Gasteiger partial charge in [0.2, 0.25) is 17.7 Å². The zero-order chi connectivity index (χ0) is 25.6. The molecule has 0 aromatic carbocycles. The van der Waals surface area contributed by atoms with Crippen LogP contribution in [0.3, 0.4) is 0 Å². The van der Waals surface area contributed by atoms with Gasteiger partial charge < -0.3 is 43.4 Å². The summed E-state index contributed by atoms with van der Waals surface area (Å²) in [6.45, 7) is 1.50. The van der Waals surface area contributed by atoms with Crippen LogP contribution >= 0.6 is 11.8 Å². The Labute approximate surface area is 195 Å². The molecule has 0 rings (SSSR count). The van der Waals surface area contributed by atoms with Gasteiger partial charge in [0.25, 0.3) is 0 Å². The zero-order valence-electron chi connectivity index (χ0n) is 18.6. The molecule has 0 aliphatic heterocycles. The molecule has 11 N–H and O–H groups in total. The van der Waals surface area contributed by atoms with Crippen molar-refractivity contribution in [3.8, 4) is 0 Å². The Hall–Kier alpha value is -3.07. The molecule has 15 heteroatoms. The predicted octanol–water partition coefficient (Wildman–Crippen LogP) is -2.85. The van der Waals surface area contributed by atoms with Crippen LogP contribution in [0.2, 0.25) is 0 Å². The summed E-state index contributed by atoms with van der Waals surface area (Å²) in [6.07, 6.45) is 1.74. The van der Waals surface area contributed by atoms with Gasteiger partial charge in [-0.25, -0.2) is 4.79 Å². The first-order valence-electron chi connectivity index (χ1n) is 10.0. The maximum atomic E-state index is 12.7. The van der Waals surface area contributed by atoms with Gasteiger partial charge in [-0.2, -0.15) is 11.8 Å². The molecule has 0 spiro atoms. The first kappa shape index (κ1) is 29.9. The fourth-order valence-electron chi connectivity index (χ4n) is 2.50. The topological polar surface area (TPSA) is 252 Å². The van der Waals surface area contributed by atoms with Crippen LogP contribution in [0.15, 0.2) is 4.99 Å². The second kappa shape index (κ2) is 15.7. The predicted molar refractivity (Wildman–Crippen MR) is 122 cm³/mol. The van der Waals surface area contributed by atoms with E-state index < -0.39 is 60.2 Å². The van der Waals surface area contributed by atoms with E-state index in [2.05, 4.69) is 20.9 Å². The number of carbonyl (C=O) groups excluding carboxylic acids is 3. The average Bonchev–Trinajstić information content (AvgIpc) is 2.71. The standard InChI is InChI=1S/C18H33N7O7S/c1-9(23-15(29)10(19)8-13(26)27)14(28)24-11(4-3-6-22-18(20)21)16(30)25-12(17(31)32)5-7-33-2/h9-12H,3-8,19H2,1-2H3,(H,23,29)(H,24,28)(H,25,30)(H,26,27)(H,31,32)(H4,20,21,22). The number of nitrogens with one attached hydrogen (secondary N) is 3. The summed E-state index contributed by atoms with van der Waals surface area (Å²) < 4.78 is 0. The SMILES string of the molecule is CSCCC(NC(=O)C(CCCN=C(N)N)NC(=O)C(C)NC(=O)C(N)CC(=O)O)C(=O)O. The Morgan fingerprint density at radius 3 is 2.06 bits per heavy atom. The van der Waals surface area contributed by atoms with E-state index >= 15 is 0 Å². The second-order valence-corrected chi connectivity index (χ2v) is 8.11. The molecule has 14 nitrogen and oxygen atoms in total. The number of aliphatic imine (C=N–C) groups is 1. The highest BCUT2D eigenvalue weighted by atomic mass is 32.2. The third-order valence-electron chi connectivity index (χ3n) is 4.29. The number of hydrogen-bond donors (Lipinski definition) is 8. The molecule has 0 heterocycles. The number of thioether (sulfide) groups is 1. The highest BCUT2D eigenvalue weighted by Gasteiger charge is 2.28. The Kier molecular flexibility index (Phi) is 14.2. The molecule has 0 saturated carbocycles. The minimum Gasteiger partial charge on any atom is -0.481 e. The normalized spacial score (nSPS) is 14.2. The number of nitrogens with two attached hydrogens (primary N) is 3. The fourth-order valence-corrected chi connectivity index (χ4v) is 2.97. The van der Waals surface area contributed by atoms with E-state index in [1.807, 2.05) is 0 Å². The molecule has 4 unspecified atom stereocenters. The minimum atomic E-state index is -1.36. The Morgan fingerprint density at radius 1 is 0.939 bits per heavy atom. The molecule has 0 aromatic rings. The lowest BCUT2D eigenvalue weighted by Crippen LogP contribution is -2.56. The Balaban J connectivity index is 5.22. The quantitative estimate of drug-likeness (QED) is 0.0619. The van der Waals surface area contributed by atoms with Crippen LogP contribution in [0, 0.1) is 0 Å². The molecule has 3 amide bonds. The van der Waals surface area contributed by atoms with Crippen molar-refractivity contribution in [1.29, 1.82) is 0 Å². The number of carboxylic acid groups (broad SMARTS) is 2. The minimum absolute atomic E-state index is 0.0857. The van der Waals surface area contributed by atoms with Crippen molar-refractivity contribution in [2.45, 2.75) is 56.8 Å². The first-order valence-corrected chi connectivity index (χ1v) is 11.4. The molecule has 0 saturated heterocycles. The molecule has 33 heavy (non-hydrogen) atoms. The largest absolute Gasteiger partial charge is 0.481 e. The van der Waals surface area contributed by atoms with Crippen LogP contribution in [-0.2, 0) is 24.0 Å². The summed E-state index contributed by atoms with van der Waals surface area (Å²) in [7, 11) is 0. The van der Waals surface area contributed by atoms with Gasteiger partial charge in [0.15, 0.2) is 5.96 Å². The highest BCUT2D eigenvalue weighted by molar-refractivity contribution is 7.98. The van der Waals surface area contributed by atoms with Gasteiger partial charge in [-0.3, -0.25) is 24.2 Å². The monoisotopic (exact) mass is 491 g/mol. The summed E-state index contributed by atoms with van der Waals surface area (Å²) in [4.78, 5) is 63.1. The second-order valence-electron chi connectivity index (χ2n) is 7.13. The van der Waals surface area contributed by atoms with E-state index in [4.69, 9.17) is 22.3 Å². The van der Waals surface area contributed by atoms with Crippen LogP contribution in [0.1, 0.15) is 32.6 Å². The summed E-state index contributed by atoms with van der Waals surface area (Å²) in [6, 6.07) is -4.77. The molecule has 188 valence electrons. The Bertz CT molecular complexity index is 731. The maximum absolute atomic E-state index is 12.7. The third-order valence-corrected chi connectivity index (χ3v) is 4.93. The molecule has 0 aliphatic rings. The number of nitrogens with zero attached hydrogens (tertiary/aromatic N) is 1. The average molecular weight is 492 g/mol. The molecule has 0 fully saturated rings. The van der Waals surface area contributed by atoms with E-state index in [0.717, 1.165) is 0 Å². The van der Waals surface area contributed by atoms with Crippen molar-refractivity contribution in [2.75, 3.05) is 18.6 Å². The molecular weight excluding hydrogens is 458 g/mol. The van der Waals surface area contributed by atoms with Gasteiger partial charge in [0, 0.05) is 6.54 Å². The summed E-state index contributed by atoms with van der Waals surface area (Å²) in [5.41, 5.74) is 16.0. The Morgan fingerprint density at radius 2 is 1.55 bits per heavy atom.